The van der Waals surface area contributed by atoms with Gasteiger partial charge < -0.3 is 4.74 Å². The fourth-order valence-electron chi connectivity index (χ4n) is 1.41. The first-order chi connectivity index (χ1) is 7.26. The molecule has 0 bridgehead atoms. The lowest BCUT2D eigenvalue weighted by Crippen LogP contribution is -1.94. The maximum absolute atomic E-state index is 5.11. The van der Waals surface area contributed by atoms with E-state index in [9.17, 15) is 0 Å². The minimum Gasteiger partial charge on any atom is -0.497 e. The number of methoxy groups -OCH3 is 1. The predicted octanol–water partition coefficient (Wildman–Crippen LogP) is 3.97. The third-order valence-electron chi connectivity index (χ3n) is 2.36. The topological polar surface area (TPSA) is 9.23 Å². The van der Waals surface area contributed by atoms with Gasteiger partial charge in [-0.2, -0.15) is 0 Å². The Kier molecular flexibility index (Phi) is 5.48. The summed E-state index contributed by atoms with van der Waals surface area (Å²) in [5.74, 6) is 0.920. The van der Waals surface area contributed by atoms with Crippen molar-refractivity contribution in [3.05, 3.63) is 42.5 Å². The molecule has 0 aromatic heterocycles. The van der Waals surface area contributed by atoms with Gasteiger partial charge in [0, 0.05) is 4.83 Å². The van der Waals surface area contributed by atoms with Crippen molar-refractivity contribution >= 4 is 15.9 Å². The number of halogens is 1. The van der Waals surface area contributed by atoms with Gasteiger partial charge in [-0.25, -0.2) is 0 Å². The van der Waals surface area contributed by atoms with E-state index in [1.807, 2.05) is 18.2 Å². The highest BCUT2D eigenvalue weighted by Gasteiger charge is 1.99. The van der Waals surface area contributed by atoms with Crippen molar-refractivity contribution in [3.8, 4) is 5.75 Å². The summed E-state index contributed by atoms with van der Waals surface area (Å²) < 4.78 is 5.11. The van der Waals surface area contributed by atoms with Crippen molar-refractivity contribution < 1.29 is 4.74 Å². The van der Waals surface area contributed by atoms with E-state index in [-0.39, 0.29) is 0 Å². The molecule has 0 saturated heterocycles. The molecular weight excluding hydrogens is 252 g/mol. The SMILES string of the molecule is C=CC(Br)CCCc1ccc(OC)cc1. The summed E-state index contributed by atoms with van der Waals surface area (Å²) in [6.07, 6.45) is 5.36. The van der Waals surface area contributed by atoms with Gasteiger partial charge >= 0.3 is 0 Å². The smallest absolute Gasteiger partial charge is 0.118 e. The van der Waals surface area contributed by atoms with Gasteiger partial charge in [-0.15, -0.1) is 6.58 Å². The molecule has 0 aliphatic heterocycles. The van der Waals surface area contributed by atoms with E-state index < -0.39 is 0 Å². The number of allylic oxidation sites excluding steroid dienone is 1. The Bertz CT molecular complexity index is 292. The number of ether oxygens (including phenoxy) is 1. The molecule has 2 heteroatoms. The minimum atomic E-state index is 0.441. The molecule has 1 aromatic carbocycles. The fourth-order valence-corrected chi connectivity index (χ4v) is 1.73. The Hall–Kier alpha value is -0.760. The molecule has 0 aliphatic carbocycles. The lowest BCUT2D eigenvalue weighted by Gasteiger charge is -2.05. The summed E-state index contributed by atoms with van der Waals surface area (Å²) in [6, 6.07) is 8.26. The van der Waals surface area contributed by atoms with Crippen LogP contribution in [-0.4, -0.2) is 11.9 Å². The standard InChI is InChI=1S/C13H17BrO/c1-3-12(14)6-4-5-11-7-9-13(15-2)10-8-11/h3,7-10,12H,1,4-6H2,2H3. The van der Waals surface area contributed by atoms with Crippen LogP contribution in [0, 0.1) is 0 Å². The highest BCUT2D eigenvalue weighted by atomic mass is 79.9. The summed E-state index contributed by atoms with van der Waals surface area (Å²) in [7, 11) is 1.69. The van der Waals surface area contributed by atoms with Crippen LogP contribution in [0.1, 0.15) is 18.4 Å². The van der Waals surface area contributed by atoms with E-state index in [0.717, 1.165) is 18.6 Å². The van der Waals surface area contributed by atoms with Crippen molar-refractivity contribution in [1.82, 2.24) is 0 Å². The molecular formula is C13H17BrO. The average molecular weight is 269 g/mol. The first kappa shape index (κ1) is 12.3. The molecule has 1 unspecified atom stereocenters. The van der Waals surface area contributed by atoms with Crippen LogP contribution in [0.4, 0.5) is 0 Å². The van der Waals surface area contributed by atoms with Gasteiger partial charge in [0.05, 0.1) is 7.11 Å². The van der Waals surface area contributed by atoms with Crippen LogP contribution in [0.25, 0.3) is 0 Å². The van der Waals surface area contributed by atoms with Crippen molar-refractivity contribution in [2.45, 2.75) is 24.1 Å². The molecule has 0 saturated carbocycles. The Morgan fingerprint density at radius 2 is 2.07 bits per heavy atom. The maximum Gasteiger partial charge on any atom is 0.118 e. The highest BCUT2D eigenvalue weighted by Crippen LogP contribution is 2.15. The Labute approximate surface area is 100 Å². The lowest BCUT2D eigenvalue weighted by molar-refractivity contribution is 0.414. The van der Waals surface area contributed by atoms with E-state index in [0.29, 0.717) is 4.83 Å². The van der Waals surface area contributed by atoms with Crippen molar-refractivity contribution in [3.63, 3.8) is 0 Å². The molecule has 1 atom stereocenters. The van der Waals surface area contributed by atoms with Crippen LogP contribution in [-0.2, 0) is 6.42 Å². The first-order valence-electron chi connectivity index (χ1n) is 5.16. The Morgan fingerprint density at radius 1 is 1.40 bits per heavy atom. The number of hydrogen-bond donors (Lipinski definition) is 0. The third kappa shape index (κ3) is 4.52. The second kappa shape index (κ2) is 6.67. The first-order valence-corrected chi connectivity index (χ1v) is 6.07. The van der Waals surface area contributed by atoms with Crippen molar-refractivity contribution in [2.24, 2.45) is 0 Å². The van der Waals surface area contributed by atoms with Crippen LogP contribution in [0.3, 0.4) is 0 Å². The fraction of sp³-hybridized carbons (Fsp3) is 0.385. The van der Waals surface area contributed by atoms with Gasteiger partial charge in [0.15, 0.2) is 0 Å². The zero-order valence-corrected chi connectivity index (χ0v) is 10.7. The Morgan fingerprint density at radius 3 is 2.60 bits per heavy atom. The normalized spacial score (nSPS) is 12.1. The number of benzene rings is 1. The number of alkyl halides is 1. The molecule has 1 rings (SSSR count). The van der Waals surface area contributed by atoms with Crippen LogP contribution in [0.5, 0.6) is 5.75 Å². The lowest BCUT2D eigenvalue weighted by atomic mass is 10.1. The molecule has 0 amide bonds. The zero-order valence-electron chi connectivity index (χ0n) is 9.08. The highest BCUT2D eigenvalue weighted by molar-refractivity contribution is 9.09. The van der Waals surface area contributed by atoms with Crippen LogP contribution in [0.15, 0.2) is 36.9 Å². The molecule has 82 valence electrons. The van der Waals surface area contributed by atoms with E-state index in [2.05, 4.69) is 34.6 Å². The largest absolute Gasteiger partial charge is 0.497 e. The van der Waals surface area contributed by atoms with Crippen molar-refractivity contribution in [1.29, 1.82) is 0 Å². The number of aryl methyl sites for hydroxylation is 1. The Balaban J connectivity index is 2.34. The van der Waals surface area contributed by atoms with Gasteiger partial charge in [-0.1, -0.05) is 34.1 Å². The zero-order chi connectivity index (χ0) is 11.1. The van der Waals surface area contributed by atoms with Gasteiger partial charge in [-0.05, 0) is 37.0 Å². The molecule has 0 radical (unpaired) electrons. The van der Waals surface area contributed by atoms with Gasteiger partial charge in [0.25, 0.3) is 0 Å². The molecule has 0 fully saturated rings. The third-order valence-corrected chi connectivity index (χ3v) is 3.19. The summed E-state index contributed by atoms with van der Waals surface area (Å²) in [5.41, 5.74) is 1.36. The number of rotatable bonds is 6. The summed E-state index contributed by atoms with van der Waals surface area (Å²) in [6.45, 7) is 3.75. The predicted molar refractivity (Wildman–Crippen MR) is 68.8 cm³/mol. The second-order valence-electron chi connectivity index (χ2n) is 3.49. The van der Waals surface area contributed by atoms with Crippen LogP contribution < -0.4 is 4.74 Å². The molecule has 0 aliphatic rings. The minimum absolute atomic E-state index is 0.441. The van der Waals surface area contributed by atoms with Gasteiger partial charge in [0.2, 0.25) is 0 Å². The quantitative estimate of drug-likeness (QED) is 0.561. The molecule has 0 N–H and O–H groups in total. The van der Waals surface area contributed by atoms with E-state index in [1.54, 1.807) is 7.11 Å². The molecule has 1 nitrogen and oxygen atoms in total. The molecule has 0 spiro atoms. The average Bonchev–Trinajstić information content (AvgIpc) is 2.29. The number of hydrogen-bond acceptors (Lipinski definition) is 1. The van der Waals surface area contributed by atoms with Crippen LogP contribution in [0.2, 0.25) is 0 Å². The van der Waals surface area contributed by atoms with E-state index in [4.69, 9.17) is 4.74 Å². The summed E-state index contributed by atoms with van der Waals surface area (Å²) in [5, 5.41) is 0. The van der Waals surface area contributed by atoms with E-state index >= 15 is 0 Å². The van der Waals surface area contributed by atoms with Gasteiger partial charge in [0.1, 0.15) is 5.75 Å². The van der Waals surface area contributed by atoms with Crippen LogP contribution >= 0.6 is 15.9 Å². The van der Waals surface area contributed by atoms with Gasteiger partial charge in [-0.3, -0.25) is 0 Å². The monoisotopic (exact) mass is 268 g/mol. The molecule has 0 heterocycles. The van der Waals surface area contributed by atoms with E-state index in [1.165, 1.54) is 12.0 Å². The molecule has 1 aromatic rings. The van der Waals surface area contributed by atoms with Crippen molar-refractivity contribution in [2.75, 3.05) is 7.11 Å². The molecule has 15 heavy (non-hydrogen) atoms. The second-order valence-corrected chi connectivity index (χ2v) is 4.67. The summed E-state index contributed by atoms with van der Waals surface area (Å²) >= 11 is 3.54. The maximum atomic E-state index is 5.11. The summed E-state index contributed by atoms with van der Waals surface area (Å²) in [4.78, 5) is 0.441.